The van der Waals surface area contributed by atoms with E-state index in [1.54, 1.807) is 0 Å². The average Bonchev–Trinajstić information content (AvgIpc) is 3.50. The minimum atomic E-state index is -0.550. The Labute approximate surface area is 239 Å². The lowest BCUT2D eigenvalue weighted by Crippen LogP contribution is -2.33. The van der Waals surface area contributed by atoms with Crippen molar-refractivity contribution < 1.29 is 19.3 Å². The number of hydrogen-bond acceptors (Lipinski definition) is 9. The van der Waals surface area contributed by atoms with Gasteiger partial charge >= 0.3 is 0 Å². The van der Waals surface area contributed by atoms with Crippen LogP contribution in [0.4, 0.5) is 10.7 Å². The summed E-state index contributed by atoms with van der Waals surface area (Å²) in [5.41, 5.74) is 7.00. The highest BCUT2D eigenvalue weighted by Crippen LogP contribution is 2.38. The Kier molecular flexibility index (Phi) is 9.20. The van der Waals surface area contributed by atoms with E-state index in [4.69, 9.17) is 5.73 Å². The van der Waals surface area contributed by atoms with Crippen molar-refractivity contribution in [1.29, 1.82) is 0 Å². The molecule has 0 spiro atoms. The standard InChI is InChI=1S/C26H31N7O5S2/c1-4-32-23(21(14(2)3)29-24(36)15-8-7-9-16(12-15)33(37)38)30-31-26(32)39-13-19(34)28-25-20(22(27)35)17-10-5-6-11-18(17)40-25/h7-9,12,14,21H,4-6,10-11,13H2,1-3H3,(H2,27,35)(H,28,34)(H,29,36)/t21-/m1/s1. The number of benzene rings is 1. The van der Waals surface area contributed by atoms with E-state index in [-0.39, 0.29) is 28.8 Å². The number of thiophene rings is 1. The van der Waals surface area contributed by atoms with Gasteiger partial charge in [0.1, 0.15) is 5.00 Å². The van der Waals surface area contributed by atoms with Crippen LogP contribution in [-0.4, -0.2) is 43.2 Å². The number of rotatable bonds is 11. The van der Waals surface area contributed by atoms with Crippen LogP contribution in [0.1, 0.15) is 76.6 Å². The van der Waals surface area contributed by atoms with Gasteiger partial charge in [0.15, 0.2) is 11.0 Å². The maximum Gasteiger partial charge on any atom is 0.270 e. The molecule has 14 heteroatoms. The highest BCUT2D eigenvalue weighted by Gasteiger charge is 2.28. The third kappa shape index (κ3) is 6.33. The van der Waals surface area contributed by atoms with Crippen molar-refractivity contribution in [3.05, 3.63) is 61.8 Å². The predicted molar refractivity (Wildman–Crippen MR) is 153 cm³/mol. The van der Waals surface area contributed by atoms with Crippen LogP contribution in [0.25, 0.3) is 0 Å². The predicted octanol–water partition coefficient (Wildman–Crippen LogP) is 4.10. The number of amides is 3. The number of aryl methyl sites for hydroxylation is 1. The van der Waals surface area contributed by atoms with E-state index in [9.17, 15) is 24.5 Å². The number of primary amides is 1. The minimum absolute atomic E-state index is 0.0330. The molecule has 0 unspecified atom stereocenters. The molecular weight excluding hydrogens is 554 g/mol. The first-order valence-corrected chi connectivity index (χ1v) is 14.8. The van der Waals surface area contributed by atoms with Crippen molar-refractivity contribution >= 4 is 51.5 Å². The lowest BCUT2D eigenvalue weighted by molar-refractivity contribution is -0.384. The van der Waals surface area contributed by atoms with Crippen LogP contribution in [0.15, 0.2) is 29.4 Å². The van der Waals surface area contributed by atoms with Gasteiger partial charge in [-0.1, -0.05) is 31.7 Å². The molecule has 1 aliphatic carbocycles. The van der Waals surface area contributed by atoms with Crippen LogP contribution < -0.4 is 16.4 Å². The van der Waals surface area contributed by atoms with Gasteiger partial charge in [0.05, 0.1) is 22.3 Å². The molecule has 1 aromatic carbocycles. The zero-order chi connectivity index (χ0) is 29.0. The number of thioether (sulfide) groups is 1. The first-order valence-electron chi connectivity index (χ1n) is 13.0. The summed E-state index contributed by atoms with van der Waals surface area (Å²) in [7, 11) is 0. The second-order valence-corrected chi connectivity index (χ2v) is 11.8. The average molecular weight is 586 g/mol. The third-order valence-corrected chi connectivity index (χ3v) is 8.79. The largest absolute Gasteiger partial charge is 0.365 e. The number of aromatic nitrogens is 3. The van der Waals surface area contributed by atoms with Crippen molar-refractivity contribution in [1.82, 2.24) is 20.1 Å². The smallest absolute Gasteiger partial charge is 0.270 e. The van der Waals surface area contributed by atoms with E-state index in [1.807, 2.05) is 25.3 Å². The molecule has 0 saturated carbocycles. The zero-order valence-corrected chi connectivity index (χ0v) is 24.1. The summed E-state index contributed by atoms with van der Waals surface area (Å²) in [6.45, 7) is 6.24. The summed E-state index contributed by atoms with van der Waals surface area (Å²) in [5, 5.41) is 26.5. The van der Waals surface area contributed by atoms with Gasteiger partial charge in [-0.15, -0.1) is 21.5 Å². The number of non-ortho nitro benzene ring substituents is 1. The summed E-state index contributed by atoms with van der Waals surface area (Å²) < 4.78 is 1.83. The van der Waals surface area contributed by atoms with Crippen molar-refractivity contribution in [2.45, 2.75) is 64.2 Å². The molecule has 3 amide bonds. The summed E-state index contributed by atoms with van der Waals surface area (Å²) in [6.07, 6.45) is 3.70. The second-order valence-electron chi connectivity index (χ2n) is 9.70. The number of fused-ring (bicyclic) bond motifs is 1. The summed E-state index contributed by atoms with van der Waals surface area (Å²) >= 11 is 2.61. The molecule has 0 bridgehead atoms. The molecule has 4 rings (SSSR count). The molecular formula is C26H31N7O5S2. The second kappa shape index (κ2) is 12.6. The molecule has 2 heterocycles. The van der Waals surface area contributed by atoms with Crippen molar-refractivity contribution in [2.75, 3.05) is 11.1 Å². The van der Waals surface area contributed by atoms with Crippen LogP contribution in [0.5, 0.6) is 0 Å². The number of carbonyl (C=O) groups is 3. The Morgan fingerprint density at radius 3 is 2.65 bits per heavy atom. The molecule has 0 aliphatic heterocycles. The number of nitrogens with zero attached hydrogens (tertiary/aromatic N) is 4. The van der Waals surface area contributed by atoms with Crippen molar-refractivity contribution in [3.8, 4) is 0 Å². The minimum Gasteiger partial charge on any atom is -0.365 e. The number of anilines is 1. The van der Waals surface area contributed by atoms with E-state index < -0.39 is 22.8 Å². The molecule has 2 aromatic heterocycles. The van der Waals surface area contributed by atoms with Crippen molar-refractivity contribution in [3.63, 3.8) is 0 Å². The van der Waals surface area contributed by atoms with Crippen LogP contribution in [0.3, 0.4) is 0 Å². The van der Waals surface area contributed by atoms with E-state index >= 15 is 0 Å². The normalized spacial score (nSPS) is 13.5. The van der Waals surface area contributed by atoms with E-state index in [1.165, 1.54) is 47.4 Å². The molecule has 0 radical (unpaired) electrons. The fourth-order valence-corrected chi connectivity index (χ4v) is 6.78. The van der Waals surface area contributed by atoms with E-state index in [2.05, 4.69) is 20.8 Å². The van der Waals surface area contributed by atoms with Crippen LogP contribution in [-0.2, 0) is 24.2 Å². The van der Waals surface area contributed by atoms with Gasteiger partial charge in [-0.25, -0.2) is 0 Å². The monoisotopic (exact) mass is 585 g/mol. The van der Waals surface area contributed by atoms with Crippen LogP contribution in [0.2, 0.25) is 0 Å². The van der Waals surface area contributed by atoms with Crippen molar-refractivity contribution in [2.24, 2.45) is 11.7 Å². The van der Waals surface area contributed by atoms with Gasteiger partial charge in [0.25, 0.3) is 17.5 Å². The number of nitro benzene ring substituents is 1. The maximum atomic E-state index is 13.0. The quantitative estimate of drug-likeness (QED) is 0.171. The molecule has 3 aromatic rings. The van der Waals surface area contributed by atoms with E-state index in [0.717, 1.165) is 36.1 Å². The molecule has 40 heavy (non-hydrogen) atoms. The Morgan fingerprint density at radius 1 is 1.23 bits per heavy atom. The molecule has 0 saturated heterocycles. The first-order chi connectivity index (χ1) is 19.1. The molecule has 212 valence electrons. The van der Waals surface area contributed by atoms with Crippen LogP contribution >= 0.6 is 23.1 Å². The molecule has 0 fully saturated rings. The number of carbonyl (C=O) groups excluding carboxylic acids is 3. The molecule has 4 N–H and O–H groups in total. The van der Waals surface area contributed by atoms with Gasteiger partial charge in [-0.2, -0.15) is 0 Å². The fraction of sp³-hybridized carbons (Fsp3) is 0.423. The lowest BCUT2D eigenvalue weighted by Gasteiger charge is -2.22. The molecule has 1 aliphatic rings. The summed E-state index contributed by atoms with van der Waals surface area (Å²) in [6, 6.07) is 5.00. The molecule has 12 nitrogen and oxygen atoms in total. The van der Waals surface area contributed by atoms with Gasteiger partial charge in [0.2, 0.25) is 5.91 Å². The maximum absolute atomic E-state index is 13.0. The number of nitrogens with one attached hydrogen (secondary N) is 2. The Balaban J connectivity index is 1.47. The Hall–Kier alpha value is -3.78. The summed E-state index contributed by atoms with van der Waals surface area (Å²) in [5.74, 6) is -0.824. The third-order valence-electron chi connectivity index (χ3n) is 6.62. The van der Waals surface area contributed by atoms with Gasteiger partial charge in [-0.3, -0.25) is 24.5 Å². The number of nitrogens with two attached hydrogens (primary N) is 1. The highest BCUT2D eigenvalue weighted by molar-refractivity contribution is 7.99. The number of nitro groups is 1. The summed E-state index contributed by atoms with van der Waals surface area (Å²) in [4.78, 5) is 49.6. The zero-order valence-electron chi connectivity index (χ0n) is 22.4. The van der Waals surface area contributed by atoms with E-state index in [0.29, 0.717) is 28.1 Å². The lowest BCUT2D eigenvalue weighted by atomic mass is 9.95. The van der Waals surface area contributed by atoms with Gasteiger partial charge in [-0.05, 0) is 50.2 Å². The van der Waals surface area contributed by atoms with Crippen LogP contribution in [0, 0.1) is 16.0 Å². The van der Waals surface area contributed by atoms with Gasteiger partial charge < -0.3 is 20.9 Å². The molecule has 1 atom stereocenters. The highest BCUT2D eigenvalue weighted by atomic mass is 32.2. The number of hydrogen-bond donors (Lipinski definition) is 3. The van der Waals surface area contributed by atoms with Gasteiger partial charge in [0, 0.05) is 29.1 Å². The Bertz CT molecular complexity index is 1450. The Morgan fingerprint density at radius 2 is 1.98 bits per heavy atom. The SMILES string of the molecule is CCn1c(SCC(=O)Nc2sc3c(c2C(N)=O)CCCC3)nnc1[C@H](NC(=O)c1cccc([N+](=O)[O-])c1)C(C)C. The first kappa shape index (κ1) is 29.2. The topological polar surface area (TPSA) is 175 Å². The fourth-order valence-electron chi connectivity index (χ4n) is 4.66.